The second-order valence-corrected chi connectivity index (χ2v) is 3.83. The van der Waals surface area contributed by atoms with Gasteiger partial charge < -0.3 is 14.8 Å². The summed E-state index contributed by atoms with van der Waals surface area (Å²) in [6.45, 7) is 6.04. The average Bonchev–Trinajstić information content (AvgIpc) is 2.29. The second-order valence-electron chi connectivity index (χ2n) is 3.83. The highest BCUT2D eigenvalue weighted by Gasteiger charge is 2.14. The third-order valence-electron chi connectivity index (χ3n) is 2.46. The summed E-state index contributed by atoms with van der Waals surface area (Å²) in [6.07, 6.45) is -0.413. The fraction of sp³-hybridized carbons (Fsp3) is 0.462. The van der Waals surface area contributed by atoms with Crippen molar-refractivity contribution in [3.63, 3.8) is 0 Å². The first kappa shape index (κ1) is 13.4. The highest BCUT2D eigenvalue weighted by atomic mass is 16.5. The highest BCUT2D eigenvalue weighted by molar-refractivity contribution is 5.68. The van der Waals surface area contributed by atoms with Crippen LogP contribution in [0.2, 0.25) is 0 Å². The molecule has 0 saturated carbocycles. The molecule has 1 atom stereocenters. The molecular formula is C13H19NO3. The predicted molar refractivity (Wildman–Crippen MR) is 66.3 cm³/mol. The van der Waals surface area contributed by atoms with Crippen molar-refractivity contribution in [1.82, 2.24) is 5.32 Å². The van der Waals surface area contributed by atoms with E-state index in [1.807, 2.05) is 32.0 Å². The molecular weight excluding hydrogens is 218 g/mol. The number of rotatable bonds is 4. The first-order chi connectivity index (χ1) is 8.08. The van der Waals surface area contributed by atoms with E-state index in [2.05, 4.69) is 5.32 Å². The van der Waals surface area contributed by atoms with Gasteiger partial charge in [-0.15, -0.1) is 0 Å². The van der Waals surface area contributed by atoms with E-state index in [0.29, 0.717) is 6.61 Å². The molecule has 1 aromatic carbocycles. The molecule has 0 radical (unpaired) electrons. The predicted octanol–water partition coefficient (Wildman–Crippen LogP) is 2.81. The molecule has 1 aromatic rings. The van der Waals surface area contributed by atoms with Gasteiger partial charge in [0.2, 0.25) is 0 Å². The van der Waals surface area contributed by atoms with Crippen LogP contribution in [0.25, 0.3) is 0 Å². The van der Waals surface area contributed by atoms with Gasteiger partial charge in [0, 0.05) is 5.56 Å². The van der Waals surface area contributed by atoms with Crippen molar-refractivity contribution in [3.8, 4) is 5.75 Å². The number of aryl methyl sites for hydroxylation is 1. The minimum Gasteiger partial charge on any atom is -0.496 e. The van der Waals surface area contributed by atoms with E-state index in [1.165, 1.54) is 0 Å². The molecule has 17 heavy (non-hydrogen) atoms. The number of hydrogen-bond acceptors (Lipinski definition) is 3. The minimum absolute atomic E-state index is 0.149. The van der Waals surface area contributed by atoms with Crippen LogP contribution in [0.15, 0.2) is 18.2 Å². The maximum absolute atomic E-state index is 11.3. The van der Waals surface area contributed by atoms with Crippen LogP contribution in [0.4, 0.5) is 4.79 Å². The Morgan fingerprint density at radius 3 is 2.76 bits per heavy atom. The van der Waals surface area contributed by atoms with E-state index in [1.54, 1.807) is 14.0 Å². The first-order valence-electron chi connectivity index (χ1n) is 5.66. The van der Waals surface area contributed by atoms with E-state index in [0.717, 1.165) is 16.9 Å². The van der Waals surface area contributed by atoms with Crippen molar-refractivity contribution in [3.05, 3.63) is 29.3 Å². The third kappa shape index (κ3) is 3.66. The van der Waals surface area contributed by atoms with Gasteiger partial charge in [0.25, 0.3) is 0 Å². The zero-order chi connectivity index (χ0) is 12.8. The molecule has 4 heteroatoms. The molecule has 0 aliphatic carbocycles. The molecule has 0 unspecified atom stereocenters. The third-order valence-corrected chi connectivity index (χ3v) is 2.46. The number of hydrogen-bond donors (Lipinski definition) is 1. The van der Waals surface area contributed by atoms with Gasteiger partial charge in [-0.1, -0.05) is 17.7 Å². The first-order valence-corrected chi connectivity index (χ1v) is 5.66. The average molecular weight is 237 g/mol. The SMILES string of the molecule is CCOC(=O)N[C@H](C)c1cc(C)ccc1OC. The molecule has 1 amide bonds. The number of alkyl carbamates (subject to hydrolysis) is 1. The number of methoxy groups -OCH3 is 1. The van der Waals surface area contributed by atoms with Crippen LogP contribution in [0.1, 0.15) is 31.0 Å². The Hall–Kier alpha value is -1.71. The van der Waals surface area contributed by atoms with Crippen molar-refractivity contribution in [2.75, 3.05) is 13.7 Å². The number of benzene rings is 1. The summed E-state index contributed by atoms with van der Waals surface area (Å²) < 4.78 is 10.1. The second kappa shape index (κ2) is 6.13. The standard InChI is InChI=1S/C13H19NO3/c1-5-17-13(15)14-10(3)11-8-9(2)6-7-12(11)16-4/h6-8,10H,5H2,1-4H3,(H,14,15)/t10-/m1/s1. The number of carbonyl (C=O) groups excluding carboxylic acids is 1. The van der Waals surface area contributed by atoms with Crippen molar-refractivity contribution in [2.24, 2.45) is 0 Å². The number of carbonyl (C=O) groups is 1. The Kier molecular flexibility index (Phi) is 4.82. The lowest BCUT2D eigenvalue weighted by atomic mass is 10.0. The van der Waals surface area contributed by atoms with Gasteiger partial charge in [-0.25, -0.2) is 4.79 Å². The molecule has 1 rings (SSSR count). The van der Waals surface area contributed by atoms with Gasteiger partial charge in [-0.3, -0.25) is 0 Å². The van der Waals surface area contributed by atoms with Crippen molar-refractivity contribution in [1.29, 1.82) is 0 Å². The molecule has 0 aliphatic heterocycles. The number of ether oxygens (including phenoxy) is 2. The molecule has 0 aromatic heterocycles. The Morgan fingerprint density at radius 2 is 2.18 bits per heavy atom. The molecule has 4 nitrogen and oxygen atoms in total. The zero-order valence-corrected chi connectivity index (χ0v) is 10.7. The van der Waals surface area contributed by atoms with Crippen LogP contribution in [0, 0.1) is 6.92 Å². The summed E-state index contributed by atoms with van der Waals surface area (Å²) in [7, 11) is 1.62. The van der Waals surface area contributed by atoms with Gasteiger partial charge in [0.15, 0.2) is 0 Å². The lowest BCUT2D eigenvalue weighted by Gasteiger charge is -2.17. The Labute approximate surface area is 102 Å². The van der Waals surface area contributed by atoms with Crippen LogP contribution in [-0.4, -0.2) is 19.8 Å². The monoisotopic (exact) mass is 237 g/mol. The van der Waals surface area contributed by atoms with E-state index in [9.17, 15) is 4.79 Å². The molecule has 94 valence electrons. The maximum atomic E-state index is 11.3. The zero-order valence-electron chi connectivity index (χ0n) is 10.7. The highest BCUT2D eigenvalue weighted by Crippen LogP contribution is 2.25. The van der Waals surface area contributed by atoms with Crippen LogP contribution >= 0.6 is 0 Å². The Balaban J connectivity index is 2.83. The van der Waals surface area contributed by atoms with E-state index in [-0.39, 0.29) is 6.04 Å². The summed E-state index contributed by atoms with van der Waals surface area (Å²) in [6, 6.07) is 5.72. The molecule has 0 bridgehead atoms. The summed E-state index contributed by atoms with van der Waals surface area (Å²) in [5, 5.41) is 2.76. The topological polar surface area (TPSA) is 47.6 Å². The maximum Gasteiger partial charge on any atom is 0.407 e. The normalized spacial score (nSPS) is 11.8. The van der Waals surface area contributed by atoms with E-state index < -0.39 is 6.09 Å². The van der Waals surface area contributed by atoms with Gasteiger partial charge in [-0.05, 0) is 26.8 Å². The fourth-order valence-electron chi connectivity index (χ4n) is 1.62. The Morgan fingerprint density at radius 1 is 1.47 bits per heavy atom. The summed E-state index contributed by atoms with van der Waals surface area (Å²) in [4.78, 5) is 11.3. The van der Waals surface area contributed by atoms with Crippen LogP contribution in [0.5, 0.6) is 5.75 Å². The molecule has 0 aliphatic rings. The molecule has 0 fully saturated rings. The van der Waals surface area contributed by atoms with Crippen molar-refractivity contribution >= 4 is 6.09 Å². The van der Waals surface area contributed by atoms with Crippen LogP contribution < -0.4 is 10.1 Å². The number of nitrogens with one attached hydrogen (secondary N) is 1. The van der Waals surface area contributed by atoms with E-state index >= 15 is 0 Å². The molecule has 0 saturated heterocycles. The van der Waals surface area contributed by atoms with Crippen molar-refractivity contribution < 1.29 is 14.3 Å². The van der Waals surface area contributed by atoms with Crippen molar-refractivity contribution in [2.45, 2.75) is 26.8 Å². The molecule has 0 spiro atoms. The lowest BCUT2D eigenvalue weighted by molar-refractivity contribution is 0.148. The fourth-order valence-corrected chi connectivity index (χ4v) is 1.62. The summed E-state index contributed by atoms with van der Waals surface area (Å²) in [5.74, 6) is 0.764. The number of amides is 1. The summed E-state index contributed by atoms with van der Waals surface area (Å²) >= 11 is 0. The summed E-state index contributed by atoms with van der Waals surface area (Å²) in [5.41, 5.74) is 2.07. The quantitative estimate of drug-likeness (QED) is 0.876. The largest absolute Gasteiger partial charge is 0.496 e. The molecule has 1 N–H and O–H groups in total. The lowest BCUT2D eigenvalue weighted by Crippen LogP contribution is -2.27. The Bertz CT molecular complexity index is 390. The van der Waals surface area contributed by atoms with E-state index in [4.69, 9.17) is 9.47 Å². The smallest absolute Gasteiger partial charge is 0.407 e. The molecule has 0 heterocycles. The minimum atomic E-state index is -0.413. The van der Waals surface area contributed by atoms with Crippen LogP contribution in [0.3, 0.4) is 0 Å². The van der Waals surface area contributed by atoms with Gasteiger partial charge in [0.05, 0.1) is 19.8 Å². The van der Waals surface area contributed by atoms with Gasteiger partial charge in [0.1, 0.15) is 5.75 Å². The van der Waals surface area contributed by atoms with Gasteiger partial charge in [-0.2, -0.15) is 0 Å². The van der Waals surface area contributed by atoms with Gasteiger partial charge >= 0.3 is 6.09 Å². The van der Waals surface area contributed by atoms with Crippen LogP contribution in [-0.2, 0) is 4.74 Å².